The summed E-state index contributed by atoms with van der Waals surface area (Å²) in [6, 6.07) is 10.1. The van der Waals surface area contributed by atoms with Crippen LogP contribution in [-0.4, -0.2) is 45.5 Å². The smallest absolute Gasteiger partial charge is 0.257 e. The Balaban J connectivity index is 1.64. The maximum Gasteiger partial charge on any atom is 0.257 e. The largest absolute Gasteiger partial charge is 0.341 e. The van der Waals surface area contributed by atoms with Crippen molar-refractivity contribution in [2.45, 2.75) is 59.3 Å². The first-order valence-electron chi connectivity index (χ1n) is 11.6. The van der Waals surface area contributed by atoms with Gasteiger partial charge in [-0.3, -0.25) is 9.59 Å². The fourth-order valence-corrected chi connectivity index (χ4v) is 6.47. The summed E-state index contributed by atoms with van der Waals surface area (Å²) in [6.07, 6.45) is 4.57. The van der Waals surface area contributed by atoms with Crippen molar-refractivity contribution in [1.82, 2.24) is 4.90 Å². The zero-order valence-electron chi connectivity index (χ0n) is 19.1. The van der Waals surface area contributed by atoms with Gasteiger partial charge in [-0.2, -0.15) is 4.36 Å². The van der Waals surface area contributed by atoms with Crippen molar-refractivity contribution in [3.05, 3.63) is 47.0 Å². The van der Waals surface area contributed by atoms with Crippen molar-refractivity contribution in [3.63, 3.8) is 0 Å². The van der Waals surface area contributed by atoms with Crippen LogP contribution in [0.4, 0.5) is 0 Å². The number of hydrogen-bond acceptors (Lipinski definition) is 3. The molecule has 0 aromatic heterocycles. The molecule has 1 aliphatic heterocycles. The van der Waals surface area contributed by atoms with Gasteiger partial charge in [-0.15, -0.1) is 0 Å². The van der Waals surface area contributed by atoms with E-state index in [4.69, 9.17) is 0 Å². The summed E-state index contributed by atoms with van der Waals surface area (Å²) >= 11 is 0. The normalized spacial score (nSPS) is 25.6. The quantitative estimate of drug-likeness (QED) is 0.623. The first-order chi connectivity index (χ1) is 14.8. The first-order valence-corrected chi connectivity index (χ1v) is 13.4. The molecule has 1 aromatic carbocycles. The molecule has 1 saturated heterocycles. The third-order valence-electron chi connectivity index (χ3n) is 6.80. The van der Waals surface area contributed by atoms with Crippen LogP contribution in [0.3, 0.4) is 0 Å². The molecule has 0 radical (unpaired) electrons. The van der Waals surface area contributed by atoms with Gasteiger partial charge in [0, 0.05) is 36.4 Å². The molecule has 2 amide bonds. The lowest BCUT2D eigenvalue weighted by Gasteiger charge is -2.25. The lowest BCUT2D eigenvalue weighted by atomic mass is 9.85. The molecule has 0 saturated carbocycles. The molecule has 0 spiro atoms. The van der Waals surface area contributed by atoms with E-state index < -0.39 is 9.73 Å². The van der Waals surface area contributed by atoms with Gasteiger partial charge in [-0.25, -0.2) is 4.21 Å². The molecule has 1 heterocycles. The topological polar surface area (TPSA) is 66.8 Å². The fraction of sp³-hybridized carbons (Fsp3) is 0.600. The molecule has 170 valence electrons. The van der Waals surface area contributed by atoms with E-state index in [1.54, 1.807) is 0 Å². The Morgan fingerprint density at radius 3 is 2.55 bits per heavy atom. The second-order valence-electron chi connectivity index (χ2n) is 9.08. The summed E-state index contributed by atoms with van der Waals surface area (Å²) < 4.78 is 17.7. The lowest BCUT2D eigenvalue weighted by molar-refractivity contribution is -0.135. The van der Waals surface area contributed by atoms with Crippen molar-refractivity contribution >= 4 is 21.5 Å². The molecule has 1 aliphatic carbocycles. The Hall–Kier alpha value is -1.95. The molecule has 3 unspecified atom stereocenters. The highest BCUT2D eigenvalue weighted by atomic mass is 32.2. The van der Waals surface area contributed by atoms with Gasteiger partial charge in [0.05, 0.1) is 9.73 Å². The Kier molecular flexibility index (Phi) is 8.09. The van der Waals surface area contributed by atoms with Crippen LogP contribution in [-0.2, 0) is 25.7 Å². The zero-order chi connectivity index (χ0) is 22.4. The third-order valence-corrected chi connectivity index (χ3v) is 9.06. The highest BCUT2D eigenvalue weighted by Crippen LogP contribution is 2.30. The number of hydrogen-bond donors (Lipinski definition) is 0. The summed E-state index contributed by atoms with van der Waals surface area (Å²) in [5.74, 6) is 0.413. The zero-order valence-corrected chi connectivity index (χ0v) is 20.0. The second kappa shape index (κ2) is 10.6. The monoisotopic (exact) mass is 444 g/mol. The minimum atomic E-state index is -2.60. The third kappa shape index (κ3) is 6.28. The average Bonchev–Trinajstić information content (AvgIpc) is 2.95. The van der Waals surface area contributed by atoms with E-state index in [1.165, 1.54) is 11.1 Å². The number of carbonyl (C=O) groups excluding carboxylic acids is 2. The summed E-state index contributed by atoms with van der Waals surface area (Å²) in [4.78, 5) is 27.8. The van der Waals surface area contributed by atoms with E-state index in [1.807, 2.05) is 30.0 Å². The molecule has 2 aliphatic rings. The number of benzene rings is 1. The van der Waals surface area contributed by atoms with E-state index in [2.05, 4.69) is 30.3 Å². The van der Waals surface area contributed by atoms with Gasteiger partial charge in [-0.1, -0.05) is 48.4 Å². The Bertz CT molecular complexity index is 945. The molecule has 1 aromatic rings. The Morgan fingerprint density at radius 2 is 1.87 bits per heavy atom. The standard InChI is InChI=1S/C25H36N2O3S/c1-4-22(18-21-9-6-5-7-10-21)25(29)27-13-8-15-31(30,16-14-27)26-24(28)23-12-11-19(2)20(3)17-23/h5-7,9-10,22-23H,4,8,11-18H2,1-3H3. The average molecular weight is 445 g/mol. The summed E-state index contributed by atoms with van der Waals surface area (Å²) in [5.41, 5.74) is 3.78. The van der Waals surface area contributed by atoms with Crippen LogP contribution in [0.5, 0.6) is 0 Å². The molecule has 0 bridgehead atoms. The maximum absolute atomic E-state index is 13.4. The van der Waals surface area contributed by atoms with Crippen LogP contribution in [0.2, 0.25) is 0 Å². The van der Waals surface area contributed by atoms with E-state index in [-0.39, 0.29) is 23.7 Å². The minimum Gasteiger partial charge on any atom is -0.341 e. The van der Waals surface area contributed by atoms with Crippen LogP contribution in [0.15, 0.2) is 45.8 Å². The minimum absolute atomic E-state index is 0.0737. The van der Waals surface area contributed by atoms with Gasteiger partial charge in [-0.05, 0) is 57.9 Å². The highest BCUT2D eigenvalue weighted by molar-refractivity contribution is 7.93. The van der Waals surface area contributed by atoms with Crippen molar-refractivity contribution in [1.29, 1.82) is 0 Å². The lowest BCUT2D eigenvalue weighted by Crippen LogP contribution is -2.38. The molecule has 1 fully saturated rings. The van der Waals surface area contributed by atoms with Crippen molar-refractivity contribution in [3.8, 4) is 0 Å². The fourth-order valence-electron chi connectivity index (χ4n) is 4.52. The molecular weight excluding hydrogens is 408 g/mol. The molecule has 31 heavy (non-hydrogen) atoms. The molecule has 3 rings (SSSR count). The van der Waals surface area contributed by atoms with Crippen LogP contribution < -0.4 is 0 Å². The van der Waals surface area contributed by atoms with Crippen LogP contribution in [0.25, 0.3) is 0 Å². The highest BCUT2D eigenvalue weighted by Gasteiger charge is 2.29. The van der Waals surface area contributed by atoms with Gasteiger partial charge in [0.2, 0.25) is 5.91 Å². The summed E-state index contributed by atoms with van der Waals surface area (Å²) in [6.45, 7) is 7.25. The summed E-state index contributed by atoms with van der Waals surface area (Å²) in [7, 11) is -2.60. The molecule has 0 N–H and O–H groups in total. The van der Waals surface area contributed by atoms with Gasteiger partial charge < -0.3 is 4.90 Å². The Labute approximate surface area is 187 Å². The SMILES string of the molecule is CCC(Cc1ccccc1)C(=O)N1CCCS(=O)(=NC(=O)C2CCC(C)=C(C)C2)CC1. The van der Waals surface area contributed by atoms with Gasteiger partial charge >= 0.3 is 0 Å². The van der Waals surface area contributed by atoms with Crippen LogP contribution in [0, 0.1) is 11.8 Å². The Morgan fingerprint density at radius 1 is 1.13 bits per heavy atom. The van der Waals surface area contributed by atoms with Crippen LogP contribution in [0.1, 0.15) is 58.4 Å². The van der Waals surface area contributed by atoms with Crippen molar-refractivity contribution in [2.24, 2.45) is 16.2 Å². The number of amides is 2. The number of nitrogens with zero attached hydrogens (tertiary/aromatic N) is 2. The second-order valence-corrected chi connectivity index (χ2v) is 11.6. The van der Waals surface area contributed by atoms with E-state index in [0.29, 0.717) is 31.0 Å². The van der Waals surface area contributed by atoms with Crippen molar-refractivity contribution in [2.75, 3.05) is 24.6 Å². The van der Waals surface area contributed by atoms with Gasteiger partial charge in [0.1, 0.15) is 0 Å². The number of allylic oxidation sites excluding steroid dienone is 2. The molecular formula is C25H36N2O3S. The number of carbonyl (C=O) groups is 2. The molecule has 3 atom stereocenters. The number of rotatable bonds is 5. The molecule has 6 heteroatoms. The van der Waals surface area contributed by atoms with Crippen LogP contribution >= 0.6 is 0 Å². The van der Waals surface area contributed by atoms with E-state index in [9.17, 15) is 13.8 Å². The molecule has 5 nitrogen and oxygen atoms in total. The van der Waals surface area contributed by atoms with Gasteiger partial charge in [0.25, 0.3) is 5.91 Å². The maximum atomic E-state index is 13.4. The van der Waals surface area contributed by atoms with E-state index >= 15 is 0 Å². The first kappa shape index (κ1) is 23.7. The predicted molar refractivity (Wildman–Crippen MR) is 126 cm³/mol. The predicted octanol–water partition coefficient (Wildman–Crippen LogP) is 4.62. The summed E-state index contributed by atoms with van der Waals surface area (Å²) in [5, 5.41) is 0. The van der Waals surface area contributed by atoms with E-state index in [0.717, 1.165) is 37.7 Å². The van der Waals surface area contributed by atoms with Gasteiger partial charge in [0.15, 0.2) is 0 Å². The van der Waals surface area contributed by atoms with Crippen molar-refractivity contribution < 1.29 is 13.8 Å².